The lowest BCUT2D eigenvalue weighted by atomic mass is 9.98. The molecule has 6 heteroatoms. The third kappa shape index (κ3) is 8.11. The summed E-state index contributed by atoms with van der Waals surface area (Å²) in [5.41, 5.74) is 0.820. The maximum absolute atomic E-state index is 12.4. The second kappa shape index (κ2) is 13.3. The normalized spacial score (nSPS) is 23.8. The minimum Gasteiger partial charge on any atom is -0.481 e. The van der Waals surface area contributed by atoms with E-state index < -0.39 is 11.9 Å². The van der Waals surface area contributed by atoms with Crippen molar-refractivity contribution < 1.29 is 24.5 Å². The van der Waals surface area contributed by atoms with E-state index in [1.807, 2.05) is 36.4 Å². The molecule has 2 heterocycles. The zero-order valence-corrected chi connectivity index (χ0v) is 18.8. The Morgan fingerprint density at radius 3 is 2.35 bits per heavy atom. The number of hydrogen-bond donors (Lipinski definition) is 2. The molecule has 31 heavy (non-hydrogen) atoms. The largest absolute Gasteiger partial charge is 0.481 e. The molecule has 2 N–H and O–H groups in total. The average molecular weight is 432 g/mol. The average Bonchev–Trinajstić information content (AvgIpc) is 2.96. The number of carbonyl (C=O) groups is 2. The van der Waals surface area contributed by atoms with Gasteiger partial charge in [0.2, 0.25) is 0 Å². The molecule has 1 aromatic rings. The summed E-state index contributed by atoms with van der Waals surface area (Å²) in [6, 6.07) is 10.5. The van der Waals surface area contributed by atoms with Crippen molar-refractivity contribution in [2.75, 3.05) is 13.7 Å². The van der Waals surface area contributed by atoms with Crippen LogP contribution in [0.4, 0.5) is 0 Å². The number of aliphatic carboxylic acids is 1. The van der Waals surface area contributed by atoms with Crippen LogP contribution in [0.3, 0.4) is 0 Å². The van der Waals surface area contributed by atoms with Gasteiger partial charge in [-0.3, -0.25) is 9.59 Å². The van der Waals surface area contributed by atoms with Gasteiger partial charge < -0.3 is 19.8 Å². The van der Waals surface area contributed by atoms with Crippen molar-refractivity contribution in [1.82, 2.24) is 4.90 Å². The van der Waals surface area contributed by atoms with Crippen molar-refractivity contribution in [2.45, 2.75) is 82.4 Å². The van der Waals surface area contributed by atoms with Crippen molar-refractivity contribution in [3.05, 3.63) is 48.0 Å². The van der Waals surface area contributed by atoms with E-state index in [4.69, 9.17) is 9.84 Å². The lowest BCUT2D eigenvalue weighted by Gasteiger charge is -2.36. The van der Waals surface area contributed by atoms with Gasteiger partial charge in [0.05, 0.1) is 13.0 Å². The van der Waals surface area contributed by atoms with Gasteiger partial charge >= 0.3 is 11.9 Å². The number of rotatable bonds is 9. The van der Waals surface area contributed by atoms with E-state index in [-0.39, 0.29) is 25.1 Å². The first-order chi connectivity index (χ1) is 15.0. The number of nitrogens with zero attached hydrogens (tertiary/aromatic N) is 1. The van der Waals surface area contributed by atoms with Gasteiger partial charge in [-0.2, -0.15) is 0 Å². The second-order valence-corrected chi connectivity index (χ2v) is 8.44. The number of hydrogen-bond acceptors (Lipinski definition) is 5. The van der Waals surface area contributed by atoms with E-state index in [1.165, 1.54) is 12.8 Å². The second-order valence-electron chi connectivity index (χ2n) is 8.44. The molecular formula is C25H37NO5. The quantitative estimate of drug-likeness (QED) is 0.347. The molecule has 0 amide bonds. The molecule has 0 radical (unpaired) electrons. The highest BCUT2D eigenvalue weighted by Gasteiger charge is 2.40. The fourth-order valence-electron chi connectivity index (χ4n) is 4.33. The van der Waals surface area contributed by atoms with Gasteiger partial charge in [0, 0.05) is 12.1 Å². The first-order valence-electron chi connectivity index (χ1n) is 11.4. The fourth-order valence-corrected chi connectivity index (χ4v) is 4.33. The molecule has 3 unspecified atom stereocenters. The molecule has 6 nitrogen and oxygen atoms in total. The number of aliphatic hydroxyl groups excluding tert-OH is 1. The molecule has 1 aromatic carbocycles. The number of esters is 1. The summed E-state index contributed by atoms with van der Waals surface area (Å²) in [5, 5.41) is 17.7. The van der Waals surface area contributed by atoms with Crippen LogP contribution in [0.5, 0.6) is 0 Å². The first-order valence-corrected chi connectivity index (χ1v) is 11.4. The molecule has 172 valence electrons. The van der Waals surface area contributed by atoms with Gasteiger partial charge in [-0.1, -0.05) is 62.2 Å². The summed E-state index contributed by atoms with van der Waals surface area (Å²) >= 11 is 0. The molecule has 2 aliphatic rings. The van der Waals surface area contributed by atoms with Crippen LogP contribution >= 0.6 is 0 Å². The molecular weight excluding hydrogens is 394 g/mol. The number of ether oxygens (including phenoxy) is 1. The fraction of sp³-hybridized carbons (Fsp3) is 0.600. The van der Waals surface area contributed by atoms with E-state index in [1.54, 1.807) is 6.08 Å². The van der Waals surface area contributed by atoms with Gasteiger partial charge in [0.1, 0.15) is 12.0 Å². The van der Waals surface area contributed by atoms with Crippen LogP contribution in [0.25, 0.3) is 0 Å². The Morgan fingerprint density at radius 1 is 1.16 bits per heavy atom. The highest BCUT2D eigenvalue weighted by molar-refractivity contribution is 5.78. The third-order valence-electron chi connectivity index (χ3n) is 6.19. The summed E-state index contributed by atoms with van der Waals surface area (Å²) in [4.78, 5) is 24.8. The number of benzene rings is 1. The van der Waals surface area contributed by atoms with Gasteiger partial charge in [-0.15, -0.1) is 0 Å². The SMILES string of the molecule is CCCCC=CCC(=O)O.CN1C2CCC1CC(OC(=O)C(CO)c1ccccc1)C2. The van der Waals surface area contributed by atoms with Crippen molar-refractivity contribution in [2.24, 2.45) is 0 Å². The predicted octanol–water partition coefficient (Wildman–Crippen LogP) is 4.14. The summed E-state index contributed by atoms with van der Waals surface area (Å²) in [5.74, 6) is -1.62. The Kier molecular flexibility index (Phi) is 10.7. The zero-order valence-electron chi connectivity index (χ0n) is 18.8. The van der Waals surface area contributed by atoms with Gasteiger partial charge in [0.25, 0.3) is 0 Å². The van der Waals surface area contributed by atoms with E-state index in [2.05, 4.69) is 18.9 Å². The van der Waals surface area contributed by atoms with E-state index >= 15 is 0 Å². The minimum absolute atomic E-state index is 0.00367. The summed E-state index contributed by atoms with van der Waals surface area (Å²) in [6.07, 6.45) is 11.4. The van der Waals surface area contributed by atoms with E-state index in [0.717, 1.165) is 37.7 Å². The molecule has 0 aromatic heterocycles. The number of fused-ring (bicyclic) bond motifs is 2. The summed E-state index contributed by atoms with van der Waals surface area (Å²) in [7, 11) is 2.17. The molecule has 2 bridgehead atoms. The molecule has 2 aliphatic heterocycles. The predicted molar refractivity (Wildman–Crippen MR) is 121 cm³/mol. The summed E-state index contributed by atoms with van der Waals surface area (Å²) < 4.78 is 5.70. The third-order valence-corrected chi connectivity index (χ3v) is 6.19. The van der Waals surface area contributed by atoms with E-state index in [0.29, 0.717) is 12.1 Å². The molecule has 2 fully saturated rings. The smallest absolute Gasteiger partial charge is 0.316 e. The number of piperidine rings is 1. The number of carbonyl (C=O) groups excluding carboxylic acids is 1. The van der Waals surface area contributed by atoms with Crippen LogP contribution in [0.2, 0.25) is 0 Å². The Morgan fingerprint density at radius 2 is 1.81 bits per heavy atom. The Bertz CT molecular complexity index is 691. The van der Waals surface area contributed by atoms with Crippen LogP contribution in [0.1, 0.15) is 69.8 Å². The Labute approximate surface area is 185 Å². The highest BCUT2D eigenvalue weighted by atomic mass is 16.5. The monoisotopic (exact) mass is 431 g/mol. The number of carboxylic acids is 1. The molecule has 3 atom stereocenters. The number of unbranched alkanes of at least 4 members (excludes halogenated alkanes) is 2. The Hall–Kier alpha value is -2.18. The first kappa shape index (κ1) is 25.1. The molecule has 0 aliphatic carbocycles. The van der Waals surface area contributed by atoms with Crippen LogP contribution in [-0.2, 0) is 14.3 Å². The Balaban J connectivity index is 0.000000291. The number of aliphatic hydroxyl groups is 1. The minimum atomic E-state index is -0.757. The van der Waals surface area contributed by atoms with Crippen molar-refractivity contribution in [3.63, 3.8) is 0 Å². The summed E-state index contributed by atoms with van der Waals surface area (Å²) in [6.45, 7) is 1.91. The maximum Gasteiger partial charge on any atom is 0.316 e. The molecule has 2 saturated heterocycles. The topological polar surface area (TPSA) is 87.1 Å². The van der Waals surface area contributed by atoms with Gasteiger partial charge in [0.15, 0.2) is 0 Å². The standard InChI is InChI=1S/C17H23NO3.C8H14O2/c1-18-13-7-8-14(18)10-15(9-13)21-17(20)16(11-19)12-5-3-2-4-6-12;1-2-3-4-5-6-7-8(9)10/h2-6,13-16,19H,7-11H2,1H3;5-6H,2-4,7H2,1H3,(H,9,10). The highest BCUT2D eigenvalue weighted by Crippen LogP contribution is 2.36. The van der Waals surface area contributed by atoms with Crippen LogP contribution in [0, 0.1) is 0 Å². The van der Waals surface area contributed by atoms with E-state index in [9.17, 15) is 14.7 Å². The van der Waals surface area contributed by atoms with Crippen LogP contribution in [0.15, 0.2) is 42.5 Å². The van der Waals surface area contributed by atoms with Crippen molar-refractivity contribution in [1.29, 1.82) is 0 Å². The van der Waals surface area contributed by atoms with Crippen molar-refractivity contribution in [3.8, 4) is 0 Å². The number of carboxylic acid groups (broad SMARTS) is 1. The van der Waals surface area contributed by atoms with Crippen LogP contribution in [-0.4, -0.2) is 58.9 Å². The zero-order chi connectivity index (χ0) is 22.6. The van der Waals surface area contributed by atoms with Crippen molar-refractivity contribution >= 4 is 11.9 Å². The lowest BCUT2D eigenvalue weighted by Crippen LogP contribution is -2.43. The molecule has 0 spiro atoms. The molecule has 3 rings (SSSR count). The van der Waals surface area contributed by atoms with Crippen LogP contribution < -0.4 is 0 Å². The van der Waals surface area contributed by atoms with Gasteiger partial charge in [-0.05, 0) is 44.7 Å². The van der Waals surface area contributed by atoms with Gasteiger partial charge in [-0.25, -0.2) is 0 Å². The number of allylic oxidation sites excluding steroid dienone is 1. The molecule has 0 saturated carbocycles. The lowest BCUT2D eigenvalue weighted by molar-refractivity contribution is -0.155. The maximum atomic E-state index is 12.4.